The third-order valence-electron chi connectivity index (χ3n) is 5.96. The molecule has 2 aromatic carbocycles. The number of nitrogens with one attached hydrogen (secondary N) is 1. The van der Waals surface area contributed by atoms with Crippen LogP contribution in [0.2, 0.25) is 0 Å². The number of carbonyl (C=O) groups is 1. The molecule has 0 saturated heterocycles. The van der Waals surface area contributed by atoms with E-state index in [0.29, 0.717) is 18.4 Å². The molecule has 166 valence electrons. The first-order valence-corrected chi connectivity index (χ1v) is 12.1. The molecule has 1 saturated carbocycles. The van der Waals surface area contributed by atoms with Crippen LogP contribution in [0.4, 0.5) is 11.4 Å². The van der Waals surface area contributed by atoms with Crippen molar-refractivity contribution in [1.29, 1.82) is 0 Å². The SMILES string of the molecule is CCOc1ccc(N=c2scc(-c3ccc4c(c3)NC(=O)CO4)n2C2CCCCC2)cc1. The Kier molecular flexibility index (Phi) is 5.99. The fourth-order valence-corrected chi connectivity index (χ4v) is 5.43. The second-order valence-electron chi connectivity index (χ2n) is 8.15. The molecule has 7 heteroatoms. The first-order chi connectivity index (χ1) is 15.7. The van der Waals surface area contributed by atoms with Gasteiger partial charge in [0, 0.05) is 17.0 Å². The molecule has 0 bridgehead atoms. The van der Waals surface area contributed by atoms with E-state index in [9.17, 15) is 4.79 Å². The average molecular weight is 450 g/mol. The molecule has 0 unspecified atom stereocenters. The van der Waals surface area contributed by atoms with Gasteiger partial charge in [-0.3, -0.25) is 4.79 Å². The molecular formula is C25H27N3O3S. The molecule has 1 aromatic heterocycles. The summed E-state index contributed by atoms with van der Waals surface area (Å²) < 4.78 is 13.5. The standard InChI is InChI=1S/C25H27N3O3S/c1-2-30-20-11-9-18(10-12-20)26-25-28(19-6-4-3-5-7-19)22(16-32-25)17-8-13-23-21(14-17)27-24(29)15-31-23/h8-14,16,19H,2-7,15H2,1H3,(H,27,29). The van der Waals surface area contributed by atoms with Crippen molar-refractivity contribution in [1.82, 2.24) is 4.57 Å². The van der Waals surface area contributed by atoms with Crippen molar-refractivity contribution in [2.75, 3.05) is 18.5 Å². The second kappa shape index (κ2) is 9.20. The molecule has 2 aliphatic rings. The number of rotatable bonds is 5. The smallest absolute Gasteiger partial charge is 0.262 e. The molecule has 1 amide bonds. The number of ether oxygens (including phenoxy) is 2. The summed E-state index contributed by atoms with van der Waals surface area (Å²) in [7, 11) is 0. The van der Waals surface area contributed by atoms with E-state index in [1.165, 1.54) is 19.3 Å². The van der Waals surface area contributed by atoms with Crippen LogP contribution >= 0.6 is 11.3 Å². The lowest BCUT2D eigenvalue weighted by Crippen LogP contribution is -2.25. The predicted octanol–water partition coefficient (Wildman–Crippen LogP) is 5.68. The number of anilines is 1. The molecule has 32 heavy (non-hydrogen) atoms. The summed E-state index contributed by atoms with van der Waals surface area (Å²) in [6.45, 7) is 2.70. The second-order valence-corrected chi connectivity index (χ2v) is 8.99. The highest BCUT2D eigenvalue weighted by atomic mass is 32.1. The summed E-state index contributed by atoms with van der Waals surface area (Å²) in [5.74, 6) is 1.45. The number of amides is 1. The maximum absolute atomic E-state index is 11.8. The minimum absolute atomic E-state index is 0.0674. The van der Waals surface area contributed by atoms with E-state index in [0.717, 1.165) is 46.0 Å². The molecule has 6 nitrogen and oxygen atoms in total. The summed E-state index contributed by atoms with van der Waals surface area (Å²) in [4.78, 5) is 17.8. The Morgan fingerprint density at radius 3 is 2.75 bits per heavy atom. The van der Waals surface area contributed by atoms with E-state index in [-0.39, 0.29) is 12.5 Å². The highest BCUT2D eigenvalue weighted by molar-refractivity contribution is 7.07. The average Bonchev–Trinajstić information content (AvgIpc) is 3.24. The summed E-state index contributed by atoms with van der Waals surface area (Å²) in [5.41, 5.74) is 3.83. The molecule has 1 aliphatic heterocycles. The van der Waals surface area contributed by atoms with Gasteiger partial charge in [-0.15, -0.1) is 11.3 Å². The van der Waals surface area contributed by atoms with Crippen LogP contribution in [0.5, 0.6) is 11.5 Å². The molecule has 0 radical (unpaired) electrons. The zero-order chi connectivity index (χ0) is 21.9. The number of thiazole rings is 1. The molecule has 1 aliphatic carbocycles. The monoisotopic (exact) mass is 449 g/mol. The number of nitrogens with zero attached hydrogens (tertiary/aromatic N) is 2. The van der Waals surface area contributed by atoms with Crippen LogP contribution in [-0.4, -0.2) is 23.7 Å². The molecule has 0 atom stereocenters. The quantitative estimate of drug-likeness (QED) is 0.545. The Morgan fingerprint density at radius 2 is 1.97 bits per heavy atom. The van der Waals surface area contributed by atoms with Crippen molar-refractivity contribution in [3.63, 3.8) is 0 Å². The van der Waals surface area contributed by atoms with Gasteiger partial charge in [-0.2, -0.15) is 0 Å². The van der Waals surface area contributed by atoms with Gasteiger partial charge >= 0.3 is 0 Å². The molecule has 2 heterocycles. The zero-order valence-electron chi connectivity index (χ0n) is 18.2. The van der Waals surface area contributed by atoms with Crippen LogP contribution in [0.1, 0.15) is 45.1 Å². The van der Waals surface area contributed by atoms with Gasteiger partial charge < -0.3 is 19.4 Å². The molecule has 1 fully saturated rings. The molecular weight excluding hydrogens is 422 g/mol. The van der Waals surface area contributed by atoms with Gasteiger partial charge in [-0.05, 0) is 62.2 Å². The van der Waals surface area contributed by atoms with E-state index < -0.39 is 0 Å². The molecule has 1 N–H and O–H groups in total. The fraction of sp³-hybridized carbons (Fsp3) is 0.360. The number of carbonyl (C=O) groups excluding carboxylic acids is 1. The van der Waals surface area contributed by atoms with Gasteiger partial charge in [0.15, 0.2) is 11.4 Å². The number of hydrogen-bond donors (Lipinski definition) is 1. The van der Waals surface area contributed by atoms with Crippen molar-refractivity contribution in [3.8, 4) is 22.8 Å². The van der Waals surface area contributed by atoms with Crippen LogP contribution in [0, 0.1) is 0 Å². The van der Waals surface area contributed by atoms with Gasteiger partial charge in [-0.25, -0.2) is 4.99 Å². The van der Waals surface area contributed by atoms with Gasteiger partial charge in [0.1, 0.15) is 11.5 Å². The van der Waals surface area contributed by atoms with Crippen LogP contribution in [0.25, 0.3) is 11.3 Å². The lowest BCUT2D eigenvalue weighted by molar-refractivity contribution is -0.118. The molecule has 0 spiro atoms. The lowest BCUT2D eigenvalue weighted by atomic mass is 9.95. The van der Waals surface area contributed by atoms with Crippen molar-refractivity contribution in [3.05, 3.63) is 52.6 Å². The number of fused-ring (bicyclic) bond motifs is 1. The van der Waals surface area contributed by atoms with Crippen LogP contribution < -0.4 is 19.6 Å². The lowest BCUT2D eigenvalue weighted by Gasteiger charge is -2.26. The topological polar surface area (TPSA) is 64.8 Å². The maximum atomic E-state index is 11.8. The highest BCUT2D eigenvalue weighted by Crippen LogP contribution is 2.36. The largest absolute Gasteiger partial charge is 0.494 e. The van der Waals surface area contributed by atoms with Gasteiger partial charge in [0.05, 0.1) is 23.7 Å². The van der Waals surface area contributed by atoms with E-state index >= 15 is 0 Å². The maximum Gasteiger partial charge on any atom is 0.262 e. The normalized spacial score (nSPS) is 16.9. The highest BCUT2D eigenvalue weighted by Gasteiger charge is 2.22. The van der Waals surface area contributed by atoms with Crippen LogP contribution in [0.3, 0.4) is 0 Å². The van der Waals surface area contributed by atoms with Gasteiger partial charge in [0.25, 0.3) is 5.91 Å². The van der Waals surface area contributed by atoms with Crippen LogP contribution in [0.15, 0.2) is 52.8 Å². The van der Waals surface area contributed by atoms with E-state index in [1.807, 2.05) is 43.3 Å². The fourth-order valence-electron chi connectivity index (χ4n) is 4.44. The van der Waals surface area contributed by atoms with E-state index in [4.69, 9.17) is 14.5 Å². The number of hydrogen-bond acceptors (Lipinski definition) is 5. The Balaban J connectivity index is 1.57. The van der Waals surface area contributed by atoms with Crippen molar-refractivity contribution in [2.24, 2.45) is 4.99 Å². The summed E-state index contributed by atoms with van der Waals surface area (Å²) >= 11 is 1.66. The molecule has 5 rings (SSSR count). The Hall–Kier alpha value is -3.06. The number of aromatic nitrogens is 1. The Bertz CT molecular complexity index is 1170. The van der Waals surface area contributed by atoms with Gasteiger partial charge in [0.2, 0.25) is 0 Å². The summed E-state index contributed by atoms with van der Waals surface area (Å²) in [6, 6.07) is 14.4. The Labute approximate surface area is 191 Å². The predicted molar refractivity (Wildman–Crippen MR) is 127 cm³/mol. The molecule has 3 aromatic rings. The van der Waals surface area contributed by atoms with E-state index in [2.05, 4.69) is 21.3 Å². The first-order valence-electron chi connectivity index (χ1n) is 11.3. The third kappa shape index (κ3) is 4.30. The van der Waals surface area contributed by atoms with Crippen LogP contribution in [-0.2, 0) is 4.79 Å². The minimum Gasteiger partial charge on any atom is -0.494 e. The third-order valence-corrected chi connectivity index (χ3v) is 6.80. The van der Waals surface area contributed by atoms with Gasteiger partial charge in [-0.1, -0.05) is 19.3 Å². The van der Waals surface area contributed by atoms with E-state index in [1.54, 1.807) is 11.3 Å². The minimum atomic E-state index is -0.119. The summed E-state index contributed by atoms with van der Waals surface area (Å²) in [6.07, 6.45) is 6.09. The first kappa shape index (κ1) is 20.8. The van der Waals surface area contributed by atoms with Crippen molar-refractivity contribution < 1.29 is 14.3 Å². The zero-order valence-corrected chi connectivity index (χ0v) is 19.0. The summed E-state index contributed by atoms with van der Waals surface area (Å²) in [5, 5.41) is 5.10. The Morgan fingerprint density at radius 1 is 1.16 bits per heavy atom. The number of benzene rings is 2. The van der Waals surface area contributed by atoms with Crippen molar-refractivity contribution >= 4 is 28.6 Å². The van der Waals surface area contributed by atoms with Crippen molar-refractivity contribution in [2.45, 2.75) is 45.1 Å².